The minimum Gasteiger partial charge on any atom is -0.329 e. The summed E-state index contributed by atoms with van der Waals surface area (Å²) in [6.45, 7) is 3.17. The standard InChI is InChI=1S/C14H24N4O2S/c1-11-5-2-3-7-14(11,10-15)17-21(19,20)13-9-16-12-6-4-8-18(12)13/h9,11,17H,2-8,10,15H2,1H3. The predicted octanol–water partition coefficient (Wildman–Crippen LogP) is 1.02. The van der Waals surface area contributed by atoms with Gasteiger partial charge in [0.2, 0.25) is 0 Å². The fourth-order valence-corrected chi connectivity index (χ4v) is 5.38. The lowest BCUT2D eigenvalue weighted by atomic mass is 9.74. The molecule has 0 radical (unpaired) electrons. The van der Waals surface area contributed by atoms with Gasteiger partial charge in [0.1, 0.15) is 5.82 Å². The van der Waals surface area contributed by atoms with Crippen molar-refractivity contribution in [3.63, 3.8) is 0 Å². The monoisotopic (exact) mass is 312 g/mol. The topological polar surface area (TPSA) is 90.0 Å². The molecule has 1 aromatic heterocycles. The van der Waals surface area contributed by atoms with Crippen molar-refractivity contribution in [2.75, 3.05) is 6.54 Å². The summed E-state index contributed by atoms with van der Waals surface area (Å²) in [6.07, 6.45) is 7.29. The normalized spacial score (nSPS) is 29.5. The SMILES string of the molecule is CC1CCCCC1(CN)NS(=O)(=O)c1cnc2n1CCC2. The van der Waals surface area contributed by atoms with Crippen LogP contribution in [0.1, 0.15) is 44.9 Å². The Morgan fingerprint density at radius 3 is 3.00 bits per heavy atom. The second-order valence-electron chi connectivity index (χ2n) is 6.38. The zero-order chi connectivity index (χ0) is 15.1. The first-order valence-electron chi connectivity index (χ1n) is 7.77. The lowest BCUT2D eigenvalue weighted by molar-refractivity contribution is 0.191. The van der Waals surface area contributed by atoms with Gasteiger partial charge in [-0.25, -0.2) is 18.1 Å². The van der Waals surface area contributed by atoms with Crippen molar-refractivity contribution in [1.82, 2.24) is 14.3 Å². The molecule has 1 aliphatic heterocycles. The highest BCUT2D eigenvalue weighted by Crippen LogP contribution is 2.34. The lowest BCUT2D eigenvalue weighted by Crippen LogP contribution is -2.59. The fourth-order valence-electron chi connectivity index (χ4n) is 3.67. The minimum atomic E-state index is -3.57. The second-order valence-corrected chi connectivity index (χ2v) is 8.01. The molecule has 2 atom stereocenters. The van der Waals surface area contributed by atoms with Crippen molar-refractivity contribution in [1.29, 1.82) is 0 Å². The Balaban J connectivity index is 1.91. The van der Waals surface area contributed by atoms with E-state index in [2.05, 4.69) is 16.6 Å². The van der Waals surface area contributed by atoms with Gasteiger partial charge in [0.25, 0.3) is 10.0 Å². The number of aromatic nitrogens is 2. The van der Waals surface area contributed by atoms with E-state index in [1.165, 1.54) is 6.20 Å². The van der Waals surface area contributed by atoms with E-state index >= 15 is 0 Å². The van der Waals surface area contributed by atoms with E-state index in [1.807, 2.05) is 4.57 Å². The summed E-state index contributed by atoms with van der Waals surface area (Å²) in [6, 6.07) is 0. The Labute approximate surface area is 126 Å². The Kier molecular flexibility index (Phi) is 3.83. The summed E-state index contributed by atoms with van der Waals surface area (Å²) in [4.78, 5) is 4.24. The van der Waals surface area contributed by atoms with Gasteiger partial charge in [0.15, 0.2) is 5.03 Å². The van der Waals surface area contributed by atoms with Crippen molar-refractivity contribution in [2.24, 2.45) is 11.7 Å². The van der Waals surface area contributed by atoms with Crippen molar-refractivity contribution in [3.05, 3.63) is 12.0 Å². The van der Waals surface area contributed by atoms with Crippen LogP contribution in [0.4, 0.5) is 0 Å². The molecule has 2 unspecified atom stereocenters. The maximum absolute atomic E-state index is 12.8. The van der Waals surface area contributed by atoms with Gasteiger partial charge in [-0.15, -0.1) is 0 Å². The van der Waals surface area contributed by atoms with Crippen molar-refractivity contribution >= 4 is 10.0 Å². The zero-order valence-corrected chi connectivity index (χ0v) is 13.3. The van der Waals surface area contributed by atoms with E-state index in [9.17, 15) is 8.42 Å². The maximum Gasteiger partial charge on any atom is 0.258 e. The molecule has 21 heavy (non-hydrogen) atoms. The molecule has 2 heterocycles. The Morgan fingerprint density at radius 1 is 1.48 bits per heavy atom. The molecule has 0 aromatic carbocycles. The number of hydrogen-bond donors (Lipinski definition) is 2. The van der Waals surface area contributed by atoms with Gasteiger partial charge >= 0.3 is 0 Å². The van der Waals surface area contributed by atoms with Gasteiger partial charge in [-0.1, -0.05) is 19.8 Å². The van der Waals surface area contributed by atoms with E-state index in [-0.39, 0.29) is 5.92 Å². The van der Waals surface area contributed by atoms with Crippen LogP contribution in [0.2, 0.25) is 0 Å². The molecule has 3 N–H and O–H groups in total. The molecule has 118 valence electrons. The van der Waals surface area contributed by atoms with Crippen LogP contribution in [0, 0.1) is 5.92 Å². The largest absolute Gasteiger partial charge is 0.329 e. The number of imidazole rings is 1. The van der Waals surface area contributed by atoms with Gasteiger partial charge < -0.3 is 10.3 Å². The number of aryl methyl sites for hydroxylation is 1. The van der Waals surface area contributed by atoms with Crippen LogP contribution in [-0.2, 0) is 23.0 Å². The number of rotatable bonds is 4. The van der Waals surface area contributed by atoms with E-state index in [4.69, 9.17) is 5.73 Å². The average Bonchev–Trinajstić information content (AvgIpc) is 3.03. The molecule has 3 rings (SSSR count). The molecule has 1 saturated carbocycles. The van der Waals surface area contributed by atoms with Gasteiger partial charge in [-0.2, -0.15) is 0 Å². The molecule has 6 nitrogen and oxygen atoms in total. The van der Waals surface area contributed by atoms with Crippen LogP contribution >= 0.6 is 0 Å². The van der Waals surface area contributed by atoms with Crippen LogP contribution in [0.15, 0.2) is 11.2 Å². The zero-order valence-electron chi connectivity index (χ0n) is 12.5. The Hall–Kier alpha value is -0.920. The summed E-state index contributed by atoms with van der Waals surface area (Å²) >= 11 is 0. The van der Waals surface area contributed by atoms with Crippen LogP contribution in [-0.4, -0.2) is 30.1 Å². The third-order valence-electron chi connectivity index (χ3n) is 5.11. The number of fused-ring (bicyclic) bond motifs is 1. The molecule has 1 aromatic rings. The molecule has 1 aliphatic carbocycles. The molecule has 0 amide bonds. The quantitative estimate of drug-likeness (QED) is 0.868. The van der Waals surface area contributed by atoms with Crippen LogP contribution in [0.5, 0.6) is 0 Å². The highest BCUT2D eigenvalue weighted by molar-refractivity contribution is 7.89. The lowest BCUT2D eigenvalue weighted by Gasteiger charge is -2.42. The molecule has 7 heteroatoms. The fraction of sp³-hybridized carbons (Fsp3) is 0.786. The first-order chi connectivity index (χ1) is 9.98. The minimum absolute atomic E-state index is 0.256. The molecule has 2 aliphatic rings. The molecule has 0 spiro atoms. The number of nitrogens with two attached hydrogens (primary N) is 1. The third-order valence-corrected chi connectivity index (χ3v) is 6.67. The maximum atomic E-state index is 12.8. The number of nitrogens with zero attached hydrogens (tertiary/aromatic N) is 2. The van der Waals surface area contributed by atoms with Crippen LogP contribution < -0.4 is 10.5 Å². The molecule has 0 bridgehead atoms. The smallest absolute Gasteiger partial charge is 0.258 e. The molecular formula is C14H24N4O2S. The van der Waals surface area contributed by atoms with Crippen molar-refractivity contribution in [2.45, 2.75) is 62.6 Å². The average molecular weight is 312 g/mol. The van der Waals surface area contributed by atoms with Gasteiger partial charge in [-0.05, 0) is 25.2 Å². The summed E-state index contributed by atoms with van der Waals surface area (Å²) in [5.41, 5.74) is 5.44. The second kappa shape index (κ2) is 5.37. The third kappa shape index (κ3) is 2.51. The van der Waals surface area contributed by atoms with Crippen LogP contribution in [0.3, 0.4) is 0 Å². The molecular weight excluding hydrogens is 288 g/mol. The van der Waals surface area contributed by atoms with Crippen molar-refractivity contribution in [3.8, 4) is 0 Å². The van der Waals surface area contributed by atoms with E-state index in [1.54, 1.807) is 0 Å². The first-order valence-corrected chi connectivity index (χ1v) is 9.25. The van der Waals surface area contributed by atoms with Crippen LogP contribution in [0.25, 0.3) is 0 Å². The predicted molar refractivity (Wildman–Crippen MR) is 80.3 cm³/mol. The summed E-state index contributed by atoms with van der Waals surface area (Å²) in [7, 11) is -3.57. The van der Waals surface area contributed by atoms with Gasteiger partial charge in [0.05, 0.1) is 6.20 Å². The van der Waals surface area contributed by atoms with E-state index in [0.29, 0.717) is 11.6 Å². The van der Waals surface area contributed by atoms with E-state index in [0.717, 1.165) is 50.9 Å². The summed E-state index contributed by atoms with van der Waals surface area (Å²) in [5, 5.41) is 0.292. The summed E-state index contributed by atoms with van der Waals surface area (Å²) < 4.78 is 30.4. The van der Waals surface area contributed by atoms with Crippen molar-refractivity contribution < 1.29 is 8.42 Å². The van der Waals surface area contributed by atoms with Gasteiger partial charge in [-0.3, -0.25) is 0 Å². The van der Waals surface area contributed by atoms with E-state index < -0.39 is 15.6 Å². The molecule has 1 fully saturated rings. The number of sulfonamides is 1. The molecule has 0 saturated heterocycles. The Bertz CT molecular complexity index is 625. The highest BCUT2D eigenvalue weighted by Gasteiger charge is 2.41. The summed E-state index contributed by atoms with van der Waals surface area (Å²) in [5.74, 6) is 1.13. The first kappa shape index (κ1) is 15.0. The number of hydrogen-bond acceptors (Lipinski definition) is 4. The highest BCUT2D eigenvalue weighted by atomic mass is 32.2. The Morgan fingerprint density at radius 2 is 2.29 bits per heavy atom. The van der Waals surface area contributed by atoms with Gasteiger partial charge in [0, 0.05) is 25.0 Å². The number of nitrogens with one attached hydrogen (secondary N) is 1.